The minimum absolute atomic E-state index is 0.0189. The van der Waals surface area contributed by atoms with Crippen LogP contribution in [0, 0.1) is 51.2 Å². The average Bonchev–Trinajstić information content (AvgIpc) is 3.52. The zero-order valence-corrected chi connectivity index (χ0v) is 27.2. The first-order valence-corrected chi connectivity index (χ1v) is 17.0. The summed E-state index contributed by atoms with van der Waals surface area (Å²) in [5.41, 5.74) is 5.63. The monoisotopic (exact) mass is 584 g/mol. The maximum absolute atomic E-state index is 13.9. The van der Waals surface area contributed by atoms with E-state index in [1.807, 2.05) is 0 Å². The molecule has 5 aliphatic rings. The molecule has 9 atom stereocenters. The SMILES string of the molecule is C=C(C)[C@@H]1CC[C@]2(C(=O)NCC(=O)O)CC[C@]3(C)C(CCC4C3(C)CCC3C(C)(C)c5[nH]c6ccccc6c5C[C@@]34C)C12. The molecule has 1 aromatic heterocycles. The highest BCUT2D eigenvalue weighted by atomic mass is 16.4. The zero-order chi connectivity index (χ0) is 30.7. The number of aromatic amines is 1. The summed E-state index contributed by atoms with van der Waals surface area (Å²) in [6.45, 7) is 19.2. The number of fused-ring (bicyclic) bond motifs is 10. The van der Waals surface area contributed by atoms with E-state index in [0.29, 0.717) is 23.7 Å². The molecule has 0 radical (unpaired) electrons. The van der Waals surface area contributed by atoms with Crippen LogP contribution < -0.4 is 5.32 Å². The Balaban J connectivity index is 1.29. The van der Waals surface area contributed by atoms with Crippen molar-refractivity contribution in [1.29, 1.82) is 0 Å². The van der Waals surface area contributed by atoms with Crippen LogP contribution in [0.1, 0.15) is 104 Å². The van der Waals surface area contributed by atoms with E-state index in [1.165, 1.54) is 41.4 Å². The number of H-pyrrole nitrogens is 1. The molecule has 0 saturated heterocycles. The van der Waals surface area contributed by atoms with Gasteiger partial charge < -0.3 is 15.4 Å². The van der Waals surface area contributed by atoms with Gasteiger partial charge in [0.15, 0.2) is 0 Å². The van der Waals surface area contributed by atoms with Crippen molar-refractivity contribution in [1.82, 2.24) is 10.3 Å². The zero-order valence-electron chi connectivity index (χ0n) is 27.2. The number of para-hydroxylation sites is 1. The number of aliphatic carboxylic acids is 1. The molecular formula is C38H52N2O3. The van der Waals surface area contributed by atoms with Gasteiger partial charge in [0.25, 0.3) is 0 Å². The summed E-state index contributed by atoms with van der Waals surface area (Å²) < 4.78 is 0. The first-order chi connectivity index (χ1) is 20.2. The lowest BCUT2D eigenvalue weighted by Gasteiger charge is -2.72. The van der Waals surface area contributed by atoms with E-state index in [2.05, 4.69) is 82.7 Å². The van der Waals surface area contributed by atoms with Gasteiger partial charge in [0.2, 0.25) is 5.91 Å². The maximum atomic E-state index is 13.9. The Morgan fingerprint density at radius 1 is 0.953 bits per heavy atom. The number of benzene rings is 1. The Labute approximate surface area is 257 Å². The number of amides is 1. The molecule has 2 aromatic rings. The molecule has 0 spiro atoms. The number of aromatic nitrogens is 1. The van der Waals surface area contributed by atoms with Crippen LogP contribution >= 0.6 is 0 Å². The fourth-order valence-electron chi connectivity index (χ4n) is 13.2. The first-order valence-electron chi connectivity index (χ1n) is 17.0. The number of nitrogens with one attached hydrogen (secondary N) is 2. The van der Waals surface area contributed by atoms with E-state index in [4.69, 9.17) is 0 Å². The van der Waals surface area contributed by atoms with Gasteiger partial charge in [0.1, 0.15) is 6.54 Å². The number of carboxylic acids is 1. The van der Waals surface area contributed by atoms with E-state index in [0.717, 1.165) is 38.5 Å². The summed E-state index contributed by atoms with van der Waals surface area (Å²) in [7, 11) is 0. The quantitative estimate of drug-likeness (QED) is 0.318. The predicted molar refractivity (Wildman–Crippen MR) is 172 cm³/mol. The number of allylic oxidation sites excluding steroid dienone is 1. The third-order valence-electron chi connectivity index (χ3n) is 15.1. The molecule has 4 fully saturated rings. The number of carbonyl (C=O) groups is 2. The van der Waals surface area contributed by atoms with Crippen molar-refractivity contribution in [2.24, 2.45) is 51.2 Å². The van der Waals surface area contributed by atoms with Gasteiger partial charge in [-0.1, -0.05) is 65.0 Å². The van der Waals surface area contributed by atoms with Crippen LogP contribution in [0.3, 0.4) is 0 Å². The fourth-order valence-corrected chi connectivity index (χ4v) is 13.2. The molecule has 7 rings (SSSR count). The summed E-state index contributed by atoms with van der Waals surface area (Å²) in [4.78, 5) is 29.2. The van der Waals surface area contributed by atoms with Crippen molar-refractivity contribution in [3.8, 4) is 0 Å². The van der Waals surface area contributed by atoms with Crippen molar-refractivity contribution in [3.05, 3.63) is 47.7 Å². The molecule has 5 nitrogen and oxygen atoms in total. The molecule has 5 unspecified atom stereocenters. The van der Waals surface area contributed by atoms with Crippen molar-refractivity contribution in [2.75, 3.05) is 6.54 Å². The topological polar surface area (TPSA) is 82.2 Å². The Morgan fingerprint density at radius 3 is 2.42 bits per heavy atom. The fraction of sp³-hybridized carbons (Fsp3) is 0.684. The van der Waals surface area contributed by atoms with Crippen LogP contribution in [0.2, 0.25) is 0 Å². The highest BCUT2D eigenvalue weighted by Crippen LogP contribution is 2.77. The molecule has 43 heavy (non-hydrogen) atoms. The number of carbonyl (C=O) groups excluding carboxylic acids is 1. The van der Waals surface area contributed by atoms with Crippen LogP contribution in [0.5, 0.6) is 0 Å². The van der Waals surface area contributed by atoms with Crippen LogP contribution in [-0.2, 0) is 21.4 Å². The number of rotatable bonds is 4. The summed E-state index contributed by atoms with van der Waals surface area (Å²) >= 11 is 0. The van der Waals surface area contributed by atoms with Crippen LogP contribution in [0.4, 0.5) is 0 Å². The van der Waals surface area contributed by atoms with Crippen LogP contribution in [0.25, 0.3) is 10.9 Å². The normalized spacial score (nSPS) is 42.6. The van der Waals surface area contributed by atoms with Crippen molar-refractivity contribution < 1.29 is 14.7 Å². The summed E-state index contributed by atoms with van der Waals surface area (Å²) in [6, 6.07) is 8.90. The van der Waals surface area contributed by atoms with Crippen molar-refractivity contribution >= 4 is 22.8 Å². The molecule has 232 valence electrons. The number of hydrogen-bond acceptors (Lipinski definition) is 2. The third-order valence-corrected chi connectivity index (χ3v) is 15.1. The summed E-state index contributed by atoms with van der Waals surface area (Å²) in [6.07, 6.45) is 9.74. The number of hydrogen-bond donors (Lipinski definition) is 3. The van der Waals surface area contributed by atoms with Crippen LogP contribution in [-0.4, -0.2) is 28.5 Å². The molecule has 4 saturated carbocycles. The molecule has 1 aromatic carbocycles. The smallest absolute Gasteiger partial charge is 0.322 e. The molecule has 5 heteroatoms. The van der Waals surface area contributed by atoms with Gasteiger partial charge in [-0.05, 0) is 122 Å². The van der Waals surface area contributed by atoms with E-state index in [9.17, 15) is 14.7 Å². The van der Waals surface area contributed by atoms with Crippen molar-refractivity contribution in [3.63, 3.8) is 0 Å². The number of carboxylic acid groups (broad SMARTS) is 1. The van der Waals surface area contributed by atoms with Crippen LogP contribution in [0.15, 0.2) is 36.4 Å². The van der Waals surface area contributed by atoms with Gasteiger partial charge in [-0.15, -0.1) is 0 Å². The van der Waals surface area contributed by atoms with Gasteiger partial charge in [-0.2, -0.15) is 0 Å². The second-order valence-electron chi connectivity index (χ2n) is 16.8. The van der Waals surface area contributed by atoms with E-state index in [1.54, 1.807) is 5.56 Å². The van der Waals surface area contributed by atoms with Crippen molar-refractivity contribution in [2.45, 2.75) is 105 Å². The standard InChI is InChI=1S/C38H52N2O3/c1-22(2)23-14-17-38(33(43)39-21-30(41)42)19-18-36(6)26(31(23)38)12-13-29-35(5)20-25-24-10-8-9-11-27(24)40-32(25)34(3,4)28(35)15-16-37(29,36)7/h8-11,23,26,28-29,31,40H,1,12-21H2,2-7H3,(H,39,43)(H,41,42)/t23-,26?,28?,29?,31?,35-,36+,37?,38-/m0/s1. The molecule has 5 aliphatic carbocycles. The van der Waals surface area contributed by atoms with Gasteiger partial charge >= 0.3 is 5.97 Å². The highest BCUT2D eigenvalue weighted by Gasteiger charge is 2.71. The Bertz CT molecular complexity index is 1520. The minimum Gasteiger partial charge on any atom is -0.480 e. The largest absolute Gasteiger partial charge is 0.480 e. The molecule has 1 amide bonds. The van der Waals surface area contributed by atoms with E-state index >= 15 is 0 Å². The van der Waals surface area contributed by atoms with Gasteiger partial charge in [0.05, 0.1) is 5.41 Å². The lowest BCUT2D eigenvalue weighted by Crippen LogP contribution is -2.67. The Kier molecular flexibility index (Phi) is 6.26. The van der Waals surface area contributed by atoms with E-state index < -0.39 is 11.4 Å². The molecule has 3 N–H and O–H groups in total. The second kappa shape index (κ2) is 9.23. The Hall–Kier alpha value is -2.56. The third kappa shape index (κ3) is 3.63. The summed E-state index contributed by atoms with van der Waals surface area (Å²) in [5, 5.41) is 13.6. The minimum atomic E-state index is -0.969. The van der Waals surface area contributed by atoms with E-state index in [-0.39, 0.29) is 40.0 Å². The first kappa shape index (κ1) is 29.2. The lowest BCUT2D eigenvalue weighted by molar-refractivity contribution is -0.224. The summed E-state index contributed by atoms with van der Waals surface area (Å²) in [5.74, 6) is 1.27. The molecular weight excluding hydrogens is 532 g/mol. The van der Waals surface area contributed by atoms with Gasteiger partial charge in [0, 0.05) is 22.0 Å². The lowest BCUT2D eigenvalue weighted by atomic mass is 9.32. The van der Waals surface area contributed by atoms with Gasteiger partial charge in [-0.25, -0.2) is 0 Å². The Morgan fingerprint density at radius 2 is 1.70 bits per heavy atom. The molecule has 1 heterocycles. The molecule has 0 aliphatic heterocycles. The maximum Gasteiger partial charge on any atom is 0.322 e. The average molecular weight is 585 g/mol. The molecule has 0 bridgehead atoms. The predicted octanol–water partition coefficient (Wildman–Crippen LogP) is 8.04. The van der Waals surface area contributed by atoms with Gasteiger partial charge in [-0.3, -0.25) is 9.59 Å². The second-order valence-corrected chi connectivity index (χ2v) is 16.8. The highest BCUT2D eigenvalue weighted by molar-refractivity contribution is 5.87.